The van der Waals surface area contributed by atoms with Crippen molar-refractivity contribution in [2.24, 2.45) is 0 Å². The summed E-state index contributed by atoms with van der Waals surface area (Å²) in [7, 11) is -1.56. The number of carbonyl (C=O) groups is 1. The lowest BCUT2D eigenvalue weighted by molar-refractivity contribution is 0.0596. The second-order valence-corrected chi connectivity index (χ2v) is 5.72. The first kappa shape index (κ1) is 15.3. The molecule has 0 N–H and O–H groups in total. The van der Waals surface area contributed by atoms with Crippen LogP contribution in [0.3, 0.4) is 0 Å². The second kappa shape index (κ2) is 5.94. The average Bonchev–Trinajstić information content (AvgIpc) is 2.38. The zero-order valence-corrected chi connectivity index (χ0v) is 11.4. The fourth-order valence-corrected chi connectivity index (χ4v) is 2.76. The van der Waals surface area contributed by atoms with Crippen molar-refractivity contribution in [1.82, 2.24) is 4.31 Å². The Bertz CT molecular complexity index is 598. The lowest BCUT2D eigenvalue weighted by Crippen LogP contribution is -2.28. The number of hydrogen-bond acceptors (Lipinski definition) is 4. The maximum Gasteiger partial charge on any atom is 0.339 e. The van der Waals surface area contributed by atoms with E-state index < -0.39 is 26.7 Å². The fourth-order valence-electron chi connectivity index (χ4n) is 1.44. The van der Waals surface area contributed by atoms with Crippen molar-refractivity contribution in [3.05, 3.63) is 42.2 Å². The number of benzene rings is 1. The van der Waals surface area contributed by atoms with Crippen molar-refractivity contribution in [1.29, 1.82) is 0 Å². The summed E-state index contributed by atoms with van der Waals surface area (Å²) in [5, 5.41) is 0. The molecule has 5 nitrogen and oxygen atoms in total. The second-order valence-electron chi connectivity index (χ2n) is 3.71. The van der Waals surface area contributed by atoms with E-state index in [2.05, 4.69) is 11.3 Å². The topological polar surface area (TPSA) is 63.7 Å². The van der Waals surface area contributed by atoms with Crippen molar-refractivity contribution in [2.75, 3.05) is 20.7 Å². The van der Waals surface area contributed by atoms with E-state index in [0.29, 0.717) is 0 Å². The van der Waals surface area contributed by atoms with Crippen molar-refractivity contribution < 1.29 is 22.3 Å². The summed E-state index contributed by atoms with van der Waals surface area (Å²) < 4.78 is 43.1. The Morgan fingerprint density at radius 3 is 2.68 bits per heavy atom. The Morgan fingerprint density at radius 2 is 2.16 bits per heavy atom. The van der Waals surface area contributed by atoms with Gasteiger partial charge in [-0.05, 0) is 18.2 Å². The van der Waals surface area contributed by atoms with Gasteiger partial charge in [0.25, 0.3) is 0 Å². The molecule has 0 aliphatic heterocycles. The molecule has 19 heavy (non-hydrogen) atoms. The summed E-state index contributed by atoms with van der Waals surface area (Å²) in [4.78, 5) is 11.1. The largest absolute Gasteiger partial charge is 0.465 e. The number of likely N-dealkylation sites (N-methyl/N-ethyl adjacent to an activating group) is 1. The number of halogens is 1. The molecule has 0 fully saturated rings. The number of nitrogens with zero attached hydrogens (tertiary/aromatic N) is 1. The number of rotatable bonds is 5. The maximum atomic E-state index is 13.2. The number of ether oxygens (including phenoxy) is 1. The predicted octanol–water partition coefficient (Wildman–Crippen LogP) is 1.42. The van der Waals surface area contributed by atoms with E-state index in [1.807, 2.05) is 0 Å². The average molecular weight is 287 g/mol. The molecule has 0 radical (unpaired) electrons. The molecule has 104 valence electrons. The summed E-state index contributed by atoms with van der Waals surface area (Å²) in [6, 6.07) is 2.87. The molecule has 0 unspecified atom stereocenters. The molecule has 7 heteroatoms. The first-order valence-corrected chi connectivity index (χ1v) is 6.73. The van der Waals surface area contributed by atoms with Crippen LogP contribution in [0.25, 0.3) is 0 Å². The van der Waals surface area contributed by atoms with Gasteiger partial charge in [0.2, 0.25) is 10.0 Å². The monoisotopic (exact) mass is 287 g/mol. The van der Waals surface area contributed by atoms with Gasteiger partial charge in [0.05, 0.1) is 17.6 Å². The van der Waals surface area contributed by atoms with Crippen molar-refractivity contribution in [3.8, 4) is 0 Å². The van der Waals surface area contributed by atoms with Crippen LogP contribution in [0, 0.1) is 5.82 Å². The zero-order chi connectivity index (χ0) is 14.6. The van der Waals surface area contributed by atoms with Crippen molar-refractivity contribution in [2.45, 2.75) is 4.90 Å². The van der Waals surface area contributed by atoms with E-state index in [-0.39, 0.29) is 12.1 Å². The molecule has 0 aliphatic carbocycles. The summed E-state index contributed by atoms with van der Waals surface area (Å²) in [6.07, 6.45) is 1.38. The van der Waals surface area contributed by atoms with Crippen molar-refractivity contribution in [3.63, 3.8) is 0 Å². The molecule has 1 rings (SSSR count). The molecule has 0 amide bonds. The van der Waals surface area contributed by atoms with E-state index >= 15 is 0 Å². The lowest BCUT2D eigenvalue weighted by atomic mass is 10.2. The van der Waals surface area contributed by atoms with E-state index in [1.54, 1.807) is 0 Å². The molecule has 0 atom stereocenters. The molecule has 1 aromatic carbocycles. The van der Waals surface area contributed by atoms with Crippen LogP contribution in [0.2, 0.25) is 0 Å². The Kier molecular flexibility index (Phi) is 4.79. The van der Waals surface area contributed by atoms with Crippen LogP contribution in [-0.4, -0.2) is 39.4 Å². The van der Waals surface area contributed by atoms with Crippen LogP contribution in [0.4, 0.5) is 4.39 Å². The van der Waals surface area contributed by atoms with Gasteiger partial charge in [-0.3, -0.25) is 0 Å². The zero-order valence-electron chi connectivity index (χ0n) is 10.6. The van der Waals surface area contributed by atoms with Gasteiger partial charge in [-0.1, -0.05) is 6.08 Å². The first-order valence-electron chi connectivity index (χ1n) is 5.29. The Morgan fingerprint density at radius 1 is 1.53 bits per heavy atom. The molecule has 1 aromatic rings. The molecule has 0 bridgehead atoms. The molecule has 0 aromatic heterocycles. The Balaban J connectivity index is 3.43. The van der Waals surface area contributed by atoms with Crippen LogP contribution >= 0.6 is 0 Å². The highest BCUT2D eigenvalue weighted by Crippen LogP contribution is 2.21. The fraction of sp³-hybridized carbons (Fsp3) is 0.250. The summed E-state index contributed by atoms with van der Waals surface area (Å²) >= 11 is 0. The van der Waals surface area contributed by atoms with Gasteiger partial charge in [0.1, 0.15) is 5.82 Å². The lowest BCUT2D eigenvalue weighted by Gasteiger charge is -2.17. The van der Waals surface area contributed by atoms with Gasteiger partial charge in [-0.2, -0.15) is 4.31 Å². The van der Waals surface area contributed by atoms with Crippen LogP contribution in [0.15, 0.2) is 35.7 Å². The summed E-state index contributed by atoms with van der Waals surface area (Å²) in [6.45, 7) is 3.47. The minimum atomic E-state index is -3.99. The quantitative estimate of drug-likeness (QED) is 0.607. The van der Waals surface area contributed by atoms with E-state index in [1.165, 1.54) is 13.1 Å². The normalized spacial score (nSPS) is 11.4. The smallest absolute Gasteiger partial charge is 0.339 e. The SMILES string of the molecule is C=CCN(C)S(=O)(=O)c1cc(F)ccc1C(=O)OC. The summed E-state index contributed by atoms with van der Waals surface area (Å²) in [5.41, 5.74) is -0.209. The minimum absolute atomic E-state index is 0.0411. The molecule has 0 saturated heterocycles. The van der Waals surface area contributed by atoms with Crippen LogP contribution < -0.4 is 0 Å². The van der Waals surface area contributed by atoms with E-state index in [9.17, 15) is 17.6 Å². The van der Waals surface area contributed by atoms with Crippen molar-refractivity contribution >= 4 is 16.0 Å². The molecule has 0 saturated carbocycles. The number of methoxy groups -OCH3 is 1. The maximum absolute atomic E-state index is 13.2. The van der Waals surface area contributed by atoms with E-state index in [4.69, 9.17) is 0 Å². The first-order chi connectivity index (χ1) is 8.84. The molecule has 0 aliphatic rings. The summed E-state index contributed by atoms with van der Waals surface area (Å²) in [5.74, 6) is -1.59. The standard InChI is InChI=1S/C12H14FNO4S/c1-4-7-14(2)19(16,17)11-8-9(13)5-6-10(11)12(15)18-3/h4-6,8H,1,7H2,2-3H3. The highest BCUT2D eigenvalue weighted by atomic mass is 32.2. The molecule has 0 heterocycles. The molecular formula is C12H14FNO4S. The highest BCUT2D eigenvalue weighted by Gasteiger charge is 2.27. The number of carbonyl (C=O) groups excluding carboxylic acids is 1. The van der Waals surface area contributed by atoms with Gasteiger partial charge in [-0.25, -0.2) is 17.6 Å². The van der Waals surface area contributed by atoms with Gasteiger partial charge < -0.3 is 4.74 Å². The van der Waals surface area contributed by atoms with Gasteiger partial charge in [-0.15, -0.1) is 6.58 Å². The van der Waals surface area contributed by atoms with Gasteiger partial charge in [0, 0.05) is 13.6 Å². The Hall–Kier alpha value is -1.73. The van der Waals surface area contributed by atoms with Gasteiger partial charge >= 0.3 is 5.97 Å². The molecule has 0 spiro atoms. The highest BCUT2D eigenvalue weighted by molar-refractivity contribution is 7.89. The minimum Gasteiger partial charge on any atom is -0.465 e. The Labute approximate surface area is 111 Å². The predicted molar refractivity (Wildman–Crippen MR) is 67.8 cm³/mol. The van der Waals surface area contributed by atoms with Gasteiger partial charge in [0.15, 0.2) is 0 Å². The van der Waals surface area contributed by atoms with Crippen LogP contribution in [0.1, 0.15) is 10.4 Å². The van der Waals surface area contributed by atoms with Crippen LogP contribution in [-0.2, 0) is 14.8 Å². The third kappa shape index (κ3) is 3.18. The third-order valence-corrected chi connectivity index (χ3v) is 4.29. The van der Waals surface area contributed by atoms with E-state index in [0.717, 1.165) is 29.6 Å². The molecular weight excluding hydrogens is 273 g/mol. The third-order valence-electron chi connectivity index (χ3n) is 2.42. The number of esters is 1. The number of hydrogen-bond donors (Lipinski definition) is 0. The number of sulfonamides is 1. The van der Waals surface area contributed by atoms with Crippen LogP contribution in [0.5, 0.6) is 0 Å².